The third-order valence-corrected chi connectivity index (χ3v) is 4.20. The van der Waals surface area contributed by atoms with E-state index in [0.717, 1.165) is 51.0 Å². The average molecular weight is 421 g/mol. The highest BCUT2D eigenvalue weighted by molar-refractivity contribution is 5.85. The topological polar surface area (TPSA) is 24.5 Å². The highest BCUT2D eigenvalue weighted by atomic mass is 35.5. The zero-order valence-electron chi connectivity index (χ0n) is 14.6. The van der Waals surface area contributed by atoms with Gasteiger partial charge < -0.3 is 10.1 Å². The Balaban J connectivity index is 0.00000312. The lowest BCUT2D eigenvalue weighted by molar-refractivity contribution is -0.253. The number of unbranched alkanes of at least 4 members (excludes halogenated alkanes) is 1. The monoisotopic (exact) mass is 420 g/mol. The molecule has 0 radical (unpaired) electrons. The quantitative estimate of drug-likeness (QED) is 0.605. The van der Waals surface area contributed by atoms with Crippen LogP contribution in [0.15, 0.2) is 24.3 Å². The summed E-state index contributed by atoms with van der Waals surface area (Å²) < 4.78 is 54.4. The number of benzene rings is 1. The van der Waals surface area contributed by atoms with Gasteiger partial charge in [-0.1, -0.05) is 31.9 Å². The Hall–Kier alpha value is -0.760. The molecular weight excluding hydrogens is 395 g/mol. The Bertz CT molecular complexity index is 500. The van der Waals surface area contributed by atoms with Gasteiger partial charge in [0, 0.05) is 32.2 Å². The van der Waals surface area contributed by atoms with Crippen LogP contribution in [-0.2, 0) is 0 Å². The van der Waals surface area contributed by atoms with Crippen LogP contribution in [0.4, 0.5) is 17.6 Å². The number of ether oxygens (including phenoxy) is 1. The van der Waals surface area contributed by atoms with Gasteiger partial charge in [-0.05, 0) is 24.1 Å². The van der Waals surface area contributed by atoms with Crippen LogP contribution in [0, 0.1) is 0 Å². The number of halogens is 6. The molecule has 1 N–H and O–H groups in total. The molecule has 26 heavy (non-hydrogen) atoms. The van der Waals surface area contributed by atoms with E-state index in [2.05, 4.69) is 21.9 Å². The first-order valence-electron chi connectivity index (χ1n) is 8.33. The second kappa shape index (κ2) is 11.8. The molecule has 152 valence electrons. The molecule has 1 aliphatic heterocycles. The Morgan fingerprint density at radius 1 is 1.12 bits per heavy atom. The van der Waals surface area contributed by atoms with E-state index in [1.165, 1.54) is 12.1 Å². The van der Waals surface area contributed by atoms with Gasteiger partial charge in [-0.2, -0.15) is 17.6 Å². The summed E-state index contributed by atoms with van der Waals surface area (Å²) in [6, 6.07) is 6.27. The molecule has 0 saturated carbocycles. The van der Waals surface area contributed by atoms with Crippen molar-refractivity contribution in [2.24, 2.45) is 0 Å². The molecule has 1 aliphatic rings. The molecule has 1 aromatic carbocycles. The van der Waals surface area contributed by atoms with E-state index in [1.54, 1.807) is 12.1 Å². The van der Waals surface area contributed by atoms with Gasteiger partial charge >= 0.3 is 12.5 Å². The Morgan fingerprint density at radius 2 is 1.69 bits per heavy atom. The lowest BCUT2D eigenvalue weighted by Crippen LogP contribution is -2.45. The summed E-state index contributed by atoms with van der Waals surface area (Å²) in [5.41, 5.74) is 0.998. The zero-order valence-corrected chi connectivity index (χ0v) is 16.2. The van der Waals surface area contributed by atoms with E-state index >= 15 is 0 Å². The molecule has 1 atom stereocenters. The molecule has 0 bridgehead atoms. The molecule has 0 amide bonds. The fraction of sp³-hybridized carbons (Fsp3) is 0.647. The molecule has 2 rings (SSSR count). The SMILES string of the molecule is CCCC[C@H](c1ccc(OC(F)(F)C(F)F)cc1)N1CCNCC1.Cl.Cl. The number of hydrogen-bond donors (Lipinski definition) is 1. The van der Waals surface area contributed by atoms with E-state index < -0.39 is 12.5 Å². The van der Waals surface area contributed by atoms with Crippen molar-refractivity contribution in [2.45, 2.75) is 44.8 Å². The lowest BCUT2D eigenvalue weighted by atomic mass is 9.98. The summed E-state index contributed by atoms with van der Waals surface area (Å²) in [7, 11) is 0. The Kier molecular flexibility index (Phi) is 11.5. The third kappa shape index (κ3) is 7.10. The summed E-state index contributed by atoms with van der Waals surface area (Å²) in [6.45, 7) is 5.82. The van der Waals surface area contributed by atoms with Gasteiger partial charge in [0.1, 0.15) is 5.75 Å². The Morgan fingerprint density at radius 3 is 2.19 bits per heavy atom. The number of nitrogens with zero attached hydrogens (tertiary/aromatic N) is 1. The summed E-state index contributed by atoms with van der Waals surface area (Å²) in [4.78, 5) is 2.37. The maximum atomic E-state index is 13.0. The van der Waals surface area contributed by atoms with Gasteiger partial charge in [-0.15, -0.1) is 24.8 Å². The summed E-state index contributed by atoms with van der Waals surface area (Å²) >= 11 is 0. The van der Waals surface area contributed by atoms with Gasteiger partial charge in [0.05, 0.1) is 0 Å². The van der Waals surface area contributed by atoms with E-state index in [9.17, 15) is 17.6 Å². The molecule has 0 aliphatic carbocycles. The minimum absolute atomic E-state index is 0. The largest absolute Gasteiger partial charge is 0.461 e. The number of nitrogens with one attached hydrogen (secondary N) is 1. The molecule has 1 heterocycles. The first kappa shape index (κ1) is 25.2. The molecule has 1 fully saturated rings. The molecule has 9 heteroatoms. The summed E-state index contributed by atoms with van der Waals surface area (Å²) in [5, 5.41) is 3.31. The third-order valence-electron chi connectivity index (χ3n) is 4.20. The van der Waals surface area contributed by atoms with Crippen molar-refractivity contribution in [1.29, 1.82) is 0 Å². The van der Waals surface area contributed by atoms with Crippen molar-refractivity contribution in [3.05, 3.63) is 29.8 Å². The van der Waals surface area contributed by atoms with Gasteiger partial charge in [0.15, 0.2) is 0 Å². The van der Waals surface area contributed by atoms with Crippen LogP contribution in [0.1, 0.15) is 37.8 Å². The maximum absolute atomic E-state index is 13.0. The van der Waals surface area contributed by atoms with Crippen molar-refractivity contribution in [3.63, 3.8) is 0 Å². The van der Waals surface area contributed by atoms with E-state index in [1.807, 2.05) is 0 Å². The van der Waals surface area contributed by atoms with Crippen molar-refractivity contribution in [2.75, 3.05) is 26.2 Å². The second-order valence-corrected chi connectivity index (χ2v) is 5.98. The van der Waals surface area contributed by atoms with Crippen molar-refractivity contribution >= 4 is 24.8 Å². The predicted molar refractivity (Wildman–Crippen MR) is 99.2 cm³/mol. The number of rotatable bonds is 8. The van der Waals surface area contributed by atoms with Gasteiger partial charge in [-0.25, -0.2) is 0 Å². The standard InChI is InChI=1S/C17H24F4N2O.2ClH/c1-2-3-4-15(23-11-9-22-10-12-23)13-5-7-14(8-6-13)24-17(20,21)16(18)19;;/h5-8,15-16,22H,2-4,9-12H2,1H3;2*1H/t15-;;/m1../s1. The predicted octanol–water partition coefficient (Wildman–Crippen LogP) is 4.90. The fourth-order valence-electron chi connectivity index (χ4n) is 2.91. The van der Waals surface area contributed by atoms with Crippen LogP contribution in [0.3, 0.4) is 0 Å². The molecule has 0 spiro atoms. The molecule has 3 nitrogen and oxygen atoms in total. The minimum Gasteiger partial charge on any atom is -0.428 e. The van der Waals surface area contributed by atoms with E-state index in [4.69, 9.17) is 0 Å². The number of hydrogen-bond acceptors (Lipinski definition) is 3. The van der Waals surface area contributed by atoms with Crippen LogP contribution in [0.25, 0.3) is 0 Å². The molecule has 0 unspecified atom stereocenters. The Labute approximate surface area is 164 Å². The van der Waals surface area contributed by atoms with Crippen LogP contribution in [0.5, 0.6) is 5.75 Å². The second-order valence-electron chi connectivity index (χ2n) is 5.98. The van der Waals surface area contributed by atoms with Gasteiger partial charge in [0.2, 0.25) is 0 Å². The van der Waals surface area contributed by atoms with Crippen LogP contribution < -0.4 is 10.1 Å². The zero-order chi connectivity index (χ0) is 17.6. The highest BCUT2D eigenvalue weighted by Gasteiger charge is 2.43. The van der Waals surface area contributed by atoms with Crippen molar-refractivity contribution < 1.29 is 22.3 Å². The highest BCUT2D eigenvalue weighted by Crippen LogP contribution is 2.31. The summed E-state index contributed by atoms with van der Waals surface area (Å²) in [6.07, 6.45) is -5.21. The van der Waals surface area contributed by atoms with Gasteiger partial charge in [-0.3, -0.25) is 4.90 Å². The molecular formula is C17H26Cl2F4N2O. The number of alkyl halides is 4. The van der Waals surface area contributed by atoms with Gasteiger partial charge in [0.25, 0.3) is 0 Å². The van der Waals surface area contributed by atoms with Crippen molar-refractivity contribution in [1.82, 2.24) is 10.2 Å². The van der Waals surface area contributed by atoms with Crippen molar-refractivity contribution in [3.8, 4) is 5.75 Å². The van der Waals surface area contributed by atoms with Crippen LogP contribution >= 0.6 is 24.8 Å². The maximum Gasteiger partial charge on any atom is 0.461 e. The van der Waals surface area contributed by atoms with Crippen LogP contribution in [0.2, 0.25) is 0 Å². The normalized spacial score (nSPS) is 16.5. The minimum atomic E-state index is -4.47. The van der Waals surface area contributed by atoms with Crippen LogP contribution in [-0.4, -0.2) is 43.6 Å². The number of piperazine rings is 1. The smallest absolute Gasteiger partial charge is 0.428 e. The molecule has 0 aromatic heterocycles. The first-order chi connectivity index (χ1) is 11.4. The molecule has 1 saturated heterocycles. The summed E-state index contributed by atoms with van der Waals surface area (Å²) in [5.74, 6) is -0.251. The average Bonchev–Trinajstić information content (AvgIpc) is 2.57. The molecule has 1 aromatic rings. The first-order valence-corrected chi connectivity index (χ1v) is 8.33. The van der Waals surface area contributed by atoms with E-state index in [-0.39, 0.29) is 36.6 Å². The fourth-order valence-corrected chi connectivity index (χ4v) is 2.91. The lowest BCUT2D eigenvalue weighted by Gasteiger charge is -2.35. The van der Waals surface area contributed by atoms with E-state index in [0.29, 0.717) is 0 Å².